The zero-order chi connectivity index (χ0) is 12.0. The van der Waals surface area contributed by atoms with Crippen molar-refractivity contribution in [1.82, 2.24) is 0 Å². The molecule has 0 amide bonds. The summed E-state index contributed by atoms with van der Waals surface area (Å²) >= 11 is 0. The molecule has 1 aromatic carbocycles. The Kier molecular flexibility index (Phi) is 5.33. The van der Waals surface area contributed by atoms with E-state index in [9.17, 15) is 0 Å². The molecule has 0 spiro atoms. The maximum absolute atomic E-state index is 5.75. The quantitative estimate of drug-likeness (QED) is 0.773. The van der Waals surface area contributed by atoms with Crippen LogP contribution in [0.5, 0.6) is 0 Å². The lowest BCUT2D eigenvalue weighted by molar-refractivity contribution is 0.413. The highest BCUT2D eigenvalue weighted by Gasteiger charge is 2.10. The van der Waals surface area contributed by atoms with Gasteiger partial charge in [0.1, 0.15) is 0 Å². The molecule has 1 atom stereocenters. The van der Waals surface area contributed by atoms with Gasteiger partial charge in [-0.3, -0.25) is 0 Å². The highest BCUT2D eigenvalue weighted by Crippen LogP contribution is 2.14. The van der Waals surface area contributed by atoms with Crippen LogP contribution in [-0.4, -0.2) is 13.1 Å². The van der Waals surface area contributed by atoms with E-state index in [0.717, 1.165) is 19.5 Å². The van der Waals surface area contributed by atoms with Gasteiger partial charge < -0.3 is 11.1 Å². The molecule has 2 nitrogen and oxygen atoms in total. The molecule has 1 unspecified atom stereocenters. The Balaban J connectivity index is 2.53. The lowest BCUT2D eigenvalue weighted by Gasteiger charge is -2.20. The van der Waals surface area contributed by atoms with Gasteiger partial charge in [-0.05, 0) is 42.5 Å². The van der Waals surface area contributed by atoms with E-state index < -0.39 is 0 Å². The first kappa shape index (κ1) is 13.0. The predicted octanol–water partition coefficient (Wildman–Crippen LogP) is 2.89. The van der Waals surface area contributed by atoms with Gasteiger partial charge >= 0.3 is 0 Å². The summed E-state index contributed by atoms with van der Waals surface area (Å²) in [4.78, 5) is 0. The number of rotatable bonds is 6. The van der Waals surface area contributed by atoms with E-state index in [4.69, 9.17) is 5.73 Å². The molecule has 90 valence electrons. The van der Waals surface area contributed by atoms with Gasteiger partial charge in [-0.2, -0.15) is 0 Å². The Morgan fingerprint density at radius 1 is 1.31 bits per heavy atom. The van der Waals surface area contributed by atoms with Gasteiger partial charge in [0.2, 0.25) is 0 Å². The summed E-state index contributed by atoms with van der Waals surface area (Å²) in [6.45, 7) is 8.33. The van der Waals surface area contributed by atoms with Crippen LogP contribution in [0.1, 0.15) is 26.3 Å². The van der Waals surface area contributed by atoms with Gasteiger partial charge in [-0.25, -0.2) is 0 Å². The molecule has 1 aromatic rings. The van der Waals surface area contributed by atoms with Crippen molar-refractivity contribution in [3.05, 3.63) is 29.8 Å². The predicted molar refractivity (Wildman–Crippen MR) is 71.7 cm³/mol. The van der Waals surface area contributed by atoms with Crippen molar-refractivity contribution in [1.29, 1.82) is 0 Å². The van der Waals surface area contributed by atoms with Crippen LogP contribution in [0.4, 0.5) is 5.69 Å². The monoisotopic (exact) mass is 220 g/mol. The zero-order valence-corrected chi connectivity index (χ0v) is 10.7. The topological polar surface area (TPSA) is 38.0 Å². The van der Waals surface area contributed by atoms with Gasteiger partial charge in [0, 0.05) is 12.2 Å². The molecule has 16 heavy (non-hydrogen) atoms. The van der Waals surface area contributed by atoms with Crippen LogP contribution in [0.3, 0.4) is 0 Å². The van der Waals surface area contributed by atoms with Crippen molar-refractivity contribution < 1.29 is 0 Å². The van der Waals surface area contributed by atoms with Crippen LogP contribution < -0.4 is 11.1 Å². The molecule has 0 saturated heterocycles. The number of aryl methyl sites for hydroxylation is 1. The fraction of sp³-hybridized carbons (Fsp3) is 0.571. The normalized spacial score (nSPS) is 12.8. The fourth-order valence-electron chi connectivity index (χ4n) is 1.74. The van der Waals surface area contributed by atoms with Gasteiger partial charge in [0.25, 0.3) is 0 Å². The Morgan fingerprint density at radius 3 is 2.62 bits per heavy atom. The number of benzene rings is 1. The van der Waals surface area contributed by atoms with Gasteiger partial charge in [0.05, 0.1) is 0 Å². The van der Waals surface area contributed by atoms with Crippen molar-refractivity contribution in [2.75, 3.05) is 18.4 Å². The van der Waals surface area contributed by atoms with Gasteiger partial charge in [0.15, 0.2) is 0 Å². The zero-order valence-electron chi connectivity index (χ0n) is 10.7. The highest BCUT2D eigenvalue weighted by molar-refractivity contribution is 5.45. The molecule has 0 fully saturated rings. The molecule has 0 aliphatic carbocycles. The number of hydrogen-bond acceptors (Lipinski definition) is 2. The van der Waals surface area contributed by atoms with Gasteiger partial charge in [-0.15, -0.1) is 0 Å². The van der Waals surface area contributed by atoms with Crippen LogP contribution in [-0.2, 0) is 6.42 Å². The Hall–Kier alpha value is -1.02. The van der Waals surface area contributed by atoms with E-state index in [1.54, 1.807) is 0 Å². The molecule has 1 rings (SSSR count). The Morgan fingerprint density at radius 2 is 2.06 bits per heavy atom. The second-order valence-electron chi connectivity index (χ2n) is 4.67. The number of hydrogen-bond donors (Lipinski definition) is 2. The molecule has 0 heterocycles. The first-order valence-corrected chi connectivity index (χ1v) is 6.20. The van der Waals surface area contributed by atoms with E-state index in [0.29, 0.717) is 11.8 Å². The fourth-order valence-corrected chi connectivity index (χ4v) is 1.74. The van der Waals surface area contributed by atoms with E-state index in [2.05, 4.69) is 50.4 Å². The maximum Gasteiger partial charge on any atom is 0.0343 e. The van der Waals surface area contributed by atoms with E-state index in [1.165, 1.54) is 11.3 Å². The van der Waals surface area contributed by atoms with Crippen LogP contribution in [0.25, 0.3) is 0 Å². The third kappa shape index (κ3) is 3.86. The summed E-state index contributed by atoms with van der Waals surface area (Å²) in [5.74, 6) is 1.18. The number of anilines is 1. The van der Waals surface area contributed by atoms with Crippen molar-refractivity contribution >= 4 is 5.69 Å². The molecular formula is C14H24N2. The minimum atomic E-state index is 0.547. The van der Waals surface area contributed by atoms with Crippen molar-refractivity contribution in [2.45, 2.75) is 27.2 Å². The summed E-state index contributed by atoms with van der Waals surface area (Å²) in [6, 6.07) is 8.60. The lowest BCUT2D eigenvalue weighted by Crippen LogP contribution is -2.27. The molecule has 0 radical (unpaired) electrons. The van der Waals surface area contributed by atoms with E-state index in [1.807, 2.05) is 0 Å². The molecule has 3 N–H and O–H groups in total. The summed E-state index contributed by atoms with van der Waals surface area (Å²) in [5.41, 5.74) is 8.33. The molecule has 0 aromatic heterocycles. The molecule has 0 aliphatic rings. The van der Waals surface area contributed by atoms with Crippen molar-refractivity contribution in [2.24, 2.45) is 17.6 Å². The minimum Gasteiger partial charge on any atom is -0.385 e. The number of nitrogens with two attached hydrogens (primary N) is 1. The average molecular weight is 220 g/mol. The summed E-state index contributed by atoms with van der Waals surface area (Å²) in [5, 5.41) is 3.47. The third-order valence-electron chi connectivity index (χ3n) is 3.15. The van der Waals surface area contributed by atoms with Crippen LogP contribution in [0, 0.1) is 11.8 Å². The van der Waals surface area contributed by atoms with Gasteiger partial charge in [-0.1, -0.05) is 32.9 Å². The number of nitrogens with one attached hydrogen (secondary N) is 1. The molecule has 0 aliphatic heterocycles. The van der Waals surface area contributed by atoms with E-state index in [-0.39, 0.29) is 0 Å². The minimum absolute atomic E-state index is 0.547. The van der Waals surface area contributed by atoms with Crippen LogP contribution in [0.15, 0.2) is 24.3 Å². The molecular weight excluding hydrogens is 196 g/mol. The summed E-state index contributed by atoms with van der Waals surface area (Å²) in [6.07, 6.45) is 1.08. The van der Waals surface area contributed by atoms with E-state index >= 15 is 0 Å². The molecule has 2 heteroatoms. The van der Waals surface area contributed by atoms with Crippen molar-refractivity contribution in [3.8, 4) is 0 Å². The first-order valence-electron chi connectivity index (χ1n) is 6.20. The maximum atomic E-state index is 5.75. The first-order chi connectivity index (χ1) is 7.67. The summed E-state index contributed by atoms with van der Waals surface area (Å²) < 4.78 is 0. The lowest BCUT2D eigenvalue weighted by atomic mass is 9.96. The third-order valence-corrected chi connectivity index (χ3v) is 3.15. The molecule has 0 saturated carbocycles. The summed E-state index contributed by atoms with van der Waals surface area (Å²) in [7, 11) is 0. The van der Waals surface area contributed by atoms with Crippen LogP contribution >= 0.6 is 0 Å². The second-order valence-corrected chi connectivity index (χ2v) is 4.67. The van der Waals surface area contributed by atoms with Crippen molar-refractivity contribution in [3.63, 3.8) is 0 Å². The highest BCUT2D eigenvalue weighted by atomic mass is 14.9. The standard InChI is InChI=1S/C14H24N2/c1-4-12-6-5-7-14(8-12)16-10-13(9-15)11(2)3/h5-8,11,13,16H,4,9-10,15H2,1-3H3. The van der Waals surface area contributed by atoms with Crippen LogP contribution in [0.2, 0.25) is 0 Å². The largest absolute Gasteiger partial charge is 0.385 e. The smallest absolute Gasteiger partial charge is 0.0343 e. The Labute approximate surface area is 99.2 Å². The second kappa shape index (κ2) is 6.54. The average Bonchev–Trinajstić information content (AvgIpc) is 2.29. The SMILES string of the molecule is CCc1cccc(NCC(CN)C(C)C)c1. The Bertz CT molecular complexity index is 307. The molecule has 0 bridgehead atoms.